The SMILES string of the molecule is CC1CN(c2ccc(Nc3ncc4c(n3)N(C)CN(c3c(F)cccc3Cl)C4=O)cc2)CCN1. The molecule has 1 atom stereocenters. The van der Waals surface area contributed by atoms with Crippen LogP contribution in [0.1, 0.15) is 17.3 Å². The van der Waals surface area contributed by atoms with Gasteiger partial charge in [-0.3, -0.25) is 9.69 Å². The number of piperazine rings is 1. The fourth-order valence-corrected chi connectivity index (χ4v) is 4.60. The first-order chi connectivity index (χ1) is 16.4. The largest absolute Gasteiger partial charge is 0.369 e. The summed E-state index contributed by atoms with van der Waals surface area (Å²) in [5.74, 6) is -0.117. The summed E-state index contributed by atoms with van der Waals surface area (Å²) in [7, 11) is 1.78. The van der Waals surface area contributed by atoms with Gasteiger partial charge in [0.1, 0.15) is 22.9 Å². The highest BCUT2D eigenvalue weighted by Gasteiger charge is 2.33. The van der Waals surface area contributed by atoms with E-state index < -0.39 is 11.7 Å². The van der Waals surface area contributed by atoms with Crippen LogP contribution in [0.15, 0.2) is 48.7 Å². The molecule has 0 saturated carbocycles. The van der Waals surface area contributed by atoms with Crippen molar-refractivity contribution >= 4 is 46.3 Å². The third-order valence-corrected chi connectivity index (χ3v) is 6.33. The van der Waals surface area contributed by atoms with Gasteiger partial charge in [-0.1, -0.05) is 17.7 Å². The highest BCUT2D eigenvalue weighted by Crippen LogP contribution is 2.34. The number of benzene rings is 2. The average molecular weight is 482 g/mol. The first-order valence-corrected chi connectivity index (χ1v) is 11.5. The number of carbonyl (C=O) groups is 1. The highest BCUT2D eigenvalue weighted by atomic mass is 35.5. The Labute approximate surface area is 202 Å². The molecule has 5 rings (SSSR count). The Morgan fingerprint density at radius 3 is 2.74 bits per heavy atom. The van der Waals surface area contributed by atoms with Crippen LogP contribution < -0.4 is 25.3 Å². The molecule has 0 bridgehead atoms. The minimum atomic E-state index is -0.560. The van der Waals surface area contributed by atoms with Crippen LogP contribution in [0, 0.1) is 5.82 Å². The zero-order valence-electron chi connectivity index (χ0n) is 18.9. The highest BCUT2D eigenvalue weighted by molar-refractivity contribution is 6.34. The van der Waals surface area contributed by atoms with Crippen LogP contribution in [-0.2, 0) is 0 Å². The Morgan fingerprint density at radius 1 is 1.21 bits per heavy atom. The van der Waals surface area contributed by atoms with E-state index in [1.165, 1.54) is 28.9 Å². The molecule has 1 aromatic heterocycles. The molecule has 1 amide bonds. The zero-order valence-corrected chi connectivity index (χ0v) is 19.7. The molecule has 1 fully saturated rings. The molecule has 10 heteroatoms. The second-order valence-electron chi connectivity index (χ2n) is 8.55. The van der Waals surface area contributed by atoms with Crippen LogP contribution in [0.4, 0.5) is 33.2 Å². The summed E-state index contributed by atoms with van der Waals surface area (Å²) in [6.45, 7) is 5.20. The predicted molar refractivity (Wildman–Crippen MR) is 133 cm³/mol. The zero-order chi connectivity index (χ0) is 23.8. The van der Waals surface area contributed by atoms with E-state index in [-0.39, 0.29) is 22.9 Å². The molecular formula is C24H25ClFN7O. The lowest BCUT2D eigenvalue weighted by molar-refractivity contribution is 0.0981. The summed E-state index contributed by atoms with van der Waals surface area (Å²) in [4.78, 5) is 27.4. The number of carbonyl (C=O) groups excluding carboxylic acids is 1. The van der Waals surface area contributed by atoms with Gasteiger partial charge in [0.2, 0.25) is 5.95 Å². The molecule has 2 aromatic carbocycles. The smallest absolute Gasteiger partial charge is 0.265 e. The molecular weight excluding hydrogens is 457 g/mol. The number of anilines is 5. The Hall–Kier alpha value is -3.43. The first kappa shape index (κ1) is 22.4. The summed E-state index contributed by atoms with van der Waals surface area (Å²) >= 11 is 6.19. The van der Waals surface area contributed by atoms with Crippen molar-refractivity contribution in [1.82, 2.24) is 15.3 Å². The van der Waals surface area contributed by atoms with Crippen LogP contribution in [0.25, 0.3) is 0 Å². The molecule has 176 valence electrons. The number of fused-ring (bicyclic) bond motifs is 1. The number of nitrogens with zero attached hydrogens (tertiary/aromatic N) is 5. The molecule has 3 aromatic rings. The molecule has 1 saturated heterocycles. The fraction of sp³-hybridized carbons (Fsp3) is 0.292. The number of rotatable bonds is 4. The van der Waals surface area contributed by atoms with E-state index in [1.807, 2.05) is 12.1 Å². The Kier molecular flexibility index (Phi) is 5.97. The van der Waals surface area contributed by atoms with Gasteiger partial charge < -0.3 is 20.4 Å². The van der Waals surface area contributed by atoms with Crippen molar-refractivity contribution in [3.05, 3.63) is 65.1 Å². The van der Waals surface area contributed by atoms with Crippen LogP contribution in [0.2, 0.25) is 5.02 Å². The Balaban J connectivity index is 1.35. The Bertz CT molecular complexity index is 1200. The van der Waals surface area contributed by atoms with E-state index >= 15 is 0 Å². The topological polar surface area (TPSA) is 76.6 Å². The maximum Gasteiger partial charge on any atom is 0.265 e. The standard InChI is InChI=1S/C24H25ClFN7O/c1-15-13-32(11-10-27-15)17-8-6-16(7-9-17)29-24-28-12-18-22(30-24)31(2)14-33(23(18)34)21-19(25)4-3-5-20(21)26/h3-9,12,15,27H,10-11,13-14H2,1-2H3,(H,28,29,30). The number of hydrogen-bond donors (Lipinski definition) is 2. The Morgan fingerprint density at radius 2 is 2.00 bits per heavy atom. The second-order valence-corrected chi connectivity index (χ2v) is 8.95. The van der Waals surface area contributed by atoms with Gasteiger partial charge in [0.25, 0.3) is 5.91 Å². The van der Waals surface area contributed by atoms with Crippen molar-refractivity contribution in [2.45, 2.75) is 13.0 Å². The normalized spacial score (nSPS) is 18.2. The van der Waals surface area contributed by atoms with E-state index in [2.05, 4.69) is 44.6 Å². The van der Waals surface area contributed by atoms with Gasteiger partial charge in [-0.25, -0.2) is 9.37 Å². The first-order valence-electron chi connectivity index (χ1n) is 11.1. The molecule has 0 radical (unpaired) electrons. The number of hydrogen-bond acceptors (Lipinski definition) is 7. The van der Waals surface area contributed by atoms with Gasteiger partial charge in [-0.05, 0) is 43.3 Å². The van der Waals surface area contributed by atoms with Gasteiger partial charge in [0.15, 0.2) is 0 Å². The quantitative estimate of drug-likeness (QED) is 0.586. The lowest BCUT2D eigenvalue weighted by Gasteiger charge is -2.35. The lowest BCUT2D eigenvalue weighted by atomic mass is 10.2. The number of amides is 1. The van der Waals surface area contributed by atoms with E-state index in [9.17, 15) is 9.18 Å². The summed E-state index contributed by atoms with van der Waals surface area (Å²) in [6.07, 6.45) is 1.46. The van der Waals surface area contributed by atoms with Crippen molar-refractivity contribution in [2.24, 2.45) is 0 Å². The number of halogens is 2. The molecule has 3 heterocycles. The van der Waals surface area contributed by atoms with Crippen LogP contribution in [0.5, 0.6) is 0 Å². The minimum absolute atomic E-state index is 0.0489. The van der Waals surface area contributed by atoms with Crippen molar-refractivity contribution in [2.75, 3.05) is 53.4 Å². The third-order valence-electron chi connectivity index (χ3n) is 6.02. The molecule has 34 heavy (non-hydrogen) atoms. The van der Waals surface area contributed by atoms with Gasteiger partial charge in [-0.2, -0.15) is 4.98 Å². The van der Waals surface area contributed by atoms with E-state index in [4.69, 9.17) is 11.6 Å². The van der Waals surface area contributed by atoms with Gasteiger partial charge in [0, 0.05) is 50.3 Å². The van der Waals surface area contributed by atoms with E-state index in [1.54, 1.807) is 18.0 Å². The van der Waals surface area contributed by atoms with Crippen LogP contribution in [-0.4, -0.2) is 55.3 Å². The van der Waals surface area contributed by atoms with Crippen LogP contribution >= 0.6 is 11.6 Å². The number of nitrogens with one attached hydrogen (secondary N) is 2. The molecule has 2 N–H and O–H groups in total. The predicted octanol–water partition coefficient (Wildman–Crippen LogP) is 3.86. The van der Waals surface area contributed by atoms with E-state index in [0.717, 1.165) is 25.3 Å². The molecule has 1 unspecified atom stereocenters. The summed E-state index contributed by atoms with van der Waals surface area (Å²) < 4.78 is 14.4. The number of para-hydroxylation sites is 1. The van der Waals surface area contributed by atoms with E-state index in [0.29, 0.717) is 17.8 Å². The van der Waals surface area contributed by atoms with Crippen molar-refractivity contribution < 1.29 is 9.18 Å². The van der Waals surface area contributed by atoms with Gasteiger partial charge >= 0.3 is 0 Å². The number of aromatic nitrogens is 2. The molecule has 2 aliphatic heterocycles. The van der Waals surface area contributed by atoms with Gasteiger partial charge in [-0.15, -0.1) is 0 Å². The monoisotopic (exact) mass is 481 g/mol. The maximum absolute atomic E-state index is 14.4. The molecule has 8 nitrogen and oxygen atoms in total. The fourth-order valence-electron chi connectivity index (χ4n) is 4.33. The lowest BCUT2D eigenvalue weighted by Crippen LogP contribution is -2.49. The van der Waals surface area contributed by atoms with Crippen molar-refractivity contribution in [3.8, 4) is 0 Å². The van der Waals surface area contributed by atoms with Crippen LogP contribution in [0.3, 0.4) is 0 Å². The average Bonchev–Trinajstić information content (AvgIpc) is 2.82. The summed E-state index contributed by atoms with van der Waals surface area (Å²) in [6, 6.07) is 12.9. The molecule has 2 aliphatic rings. The maximum atomic E-state index is 14.4. The van der Waals surface area contributed by atoms with Crippen molar-refractivity contribution in [1.29, 1.82) is 0 Å². The third kappa shape index (κ3) is 4.24. The minimum Gasteiger partial charge on any atom is -0.369 e. The van der Waals surface area contributed by atoms with Crippen molar-refractivity contribution in [3.63, 3.8) is 0 Å². The second kappa shape index (κ2) is 9.08. The van der Waals surface area contributed by atoms with Gasteiger partial charge in [0.05, 0.1) is 11.7 Å². The summed E-state index contributed by atoms with van der Waals surface area (Å²) in [5.41, 5.74) is 2.34. The summed E-state index contributed by atoms with van der Waals surface area (Å²) in [5, 5.41) is 6.82. The molecule has 0 aliphatic carbocycles. The molecule has 0 spiro atoms.